The molecule has 0 aliphatic carbocycles. The van der Waals surface area contributed by atoms with Gasteiger partial charge in [-0.3, -0.25) is 0 Å². The molecule has 1 fully saturated rings. The summed E-state index contributed by atoms with van der Waals surface area (Å²) < 4.78 is 14.1. The van der Waals surface area contributed by atoms with Crippen LogP contribution in [0.5, 0.6) is 0 Å². The summed E-state index contributed by atoms with van der Waals surface area (Å²) in [6.07, 6.45) is 2.37. The van der Waals surface area contributed by atoms with Crippen LogP contribution in [0.3, 0.4) is 0 Å². The van der Waals surface area contributed by atoms with Gasteiger partial charge in [0, 0.05) is 19.2 Å². The fraction of sp³-hybridized carbons (Fsp3) is 0.500. The van der Waals surface area contributed by atoms with Gasteiger partial charge in [-0.25, -0.2) is 4.39 Å². The van der Waals surface area contributed by atoms with E-state index >= 15 is 0 Å². The van der Waals surface area contributed by atoms with Crippen LogP contribution in [0.15, 0.2) is 12.1 Å². The summed E-state index contributed by atoms with van der Waals surface area (Å²) in [6, 6.07) is 3.28. The van der Waals surface area contributed by atoms with Gasteiger partial charge in [0.05, 0.1) is 14.9 Å². The molecule has 1 atom stereocenters. The number of nitrogens with zero attached hydrogens (tertiary/aromatic N) is 1. The number of rotatable bonds is 2. The molecule has 88 valence electrons. The van der Waals surface area contributed by atoms with Crippen LogP contribution >= 0.6 is 22.6 Å². The lowest BCUT2D eigenvalue weighted by Crippen LogP contribution is -2.21. The van der Waals surface area contributed by atoms with Gasteiger partial charge in [0.15, 0.2) is 0 Å². The van der Waals surface area contributed by atoms with Crippen LogP contribution < -0.4 is 10.6 Å². The highest BCUT2D eigenvalue weighted by Crippen LogP contribution is 2.32. The molecule has 1 aliphatic rings. The lowest BCUT2D eigenvalue weighted by atomic mass is 10.1. The molecule has 4 heteroatoms. The average Bonchev–Trinajstić information content (AvgIpc) is 2.71. The molecule has 0 spiro atoms. The first-order chi connectivity index (χ1) is 7.61. The molecule has 0 bridgehead atoms. The summed E-state index contributed by atoms with van der Waals surface area (Å²) in [7, 11) is 0. The fourth-order valence-corrected chi connectivity index (χ4v) is 2.70. The smallest absolute Gasteiger partial charge is 0.138 e. The highest BCUT2D eigenvalue weighted by molar-refractivity contribution is 14.1. The number of halogens is 2. The molecule has 2 rings (SSSR count). The number of anilines is 2. The van der Waals surface area contributed by atoms with Gasteiger partial charge in [0.2, 0.25) is 0 Å². The van der Waals surface area contributed by atoms with Crippen molar-refractivity contribution < 1.29 is 4.39 Å². The van der Waals surface area contributed by atoms with Crippen molar-refractivity contribution in [2.45, 2.75) is 19.8 Å². The number of nitrogens with two attached hydrogens (primary N) is 1. The normalized spacial score (nSPS) is 20.4. The lowest BCUT2D eigenvalue weighted by molar-refractivity contribution is 0.569. The molecule has 0 saturated carbocycles. The van der Waals surface area contributed by atoms with Crippen molar-refractivity contribution in [3.05, 3.63) is 21.5 Å². The molecule has 1 unspecified atom stereocenters. The van der Waals surface area contributed by atoms with Crippen LogP contribution in [0.4, 0.5) is 15.8 Å². The van der Waals surface area contributed by atoms with Crippen LogP contribution in [0, 0.1) is 15.3 Å². The predicted octanol–water partition coefficient (Wildman–Crippen LogP) is 3.25. The maximum Gasteiger partial charge on any atom is 0.138 e. The third-order valence-electron chi connectivity index (χ3n) is 3.27. The van der Waals surface area contributed by atoms with E-state index in [0.29, 0.717) is 9.26 Å². The topological polar surface area (TPSA) is 29.3 Å². The van der Waals surface area contributed by atoms with E-state index in [9.17, 15) is 4.39 Å². The van der Waals surface area contributed by atoms with Crippen LogP contribution in [0.2, 0.25) is 0 Å². The molecular formula is C12H16FIN2. The van der Waals surface area contributed by atoms with E-state index in [1.807, 2.05) is 22.6 Å². The van der Waals surface area contributed by atoms with E-state index in [0.717, 1.165) is 24.7 Å². The second-order valence-corrected chi connectivity index (χ2v) is 5.50. The maximum absolute atomic E-state index is 13.5. The van der Waals surface area contributed by atoms with Gasteiger partial charge in [-0.2, -0.15) is 0 Å². The second-order valence-electron chi connectivity index (χ2n) is 4.33. The number of hydrogen-bond donors (Lipinski definition) is 1. The van der Waals surface area contributed by atoms with Crippen LogP contribution in [0.1, 0.15) is 19.8 Å². The third kappa shape index (κ3) is 2.26. The molecule has 1 aromatic carbocycles. The SMILES string of the molecule is CCC1CCN(c2cc(F)c(I)cc2N)C1. The largest absolute Gasteiger partial charge is 0.397 e. The predicted molar refractivity (Wildman–Crippen MR) is 74.1 cm³/mol. The van der Waals surface area contributed by atoms with Gasteiger partial charge in [0.1, 0.15) is 5.82 Å². The Balaban J connectivity index is 2.24. The van der Waals surface area contributed by atoms with Gasteiger partial charge >= 0.3 is 0 Å². The molecule has 0 radical (unpaired) electrons. The second kappa shape index (κ2) is 4.77. The fourth-order valence-electron chi connectivity index (χ4n) is 2.21. The van der Waals surface area contributed by atoms with E-state index < -0.39 is 0 Å². The first kappa shape index (κ1) is 12.0. The minimum atomic E-state index is -0.176. The lowest BCUT2D eigenvalue weighted by Gasteiger charge is -2.21. The molecule has 2 nitrogen and oxygen atoms in total. The molecule has 2 N–H and O–H groups in total. The van der Waals surface area contributed by atoms with Crippen molar-refractivity contribution in [3.63, 3.8) is 0 Å². The molecule has 1 aromatic rings. The Labute approximate surface area is 109 Å². The van der Waals surface area contributed by atoms with Gasteiger partial charge in [0.25, 0.3) is 0 Å². The number of benzene rings is 1. The Hall–Kier alpha value is -0.520. The molecule has 1 heterocycles. The summed E-state index contributed by atoms with van der Waals surface area (Å²) in [6.45, 7) is 4.19. The number of nitrogen functional groups attached to an aromatic ring is 1. The number of hydrogen-bond acceptors (Lipinski definition) is 2. The highest BCUT2D eigenvalue weighted by atomic mass is 127. The van der Waals surface area contributed by atoms with Gasteiger partial charge in [-0.05, 0) is 41.0 Å². The van der Waals surface area contributed by atoms with E-state index in [1.165, 1.54) is 12.8 Å². The minimum absolute atomic E-state index is 0.176. The van der Waals surface area contributed by atoms with Crippen molar-refractivity contribution >= 4 is 34.0 Å². The van der Waals surface area contributed by atoms with Gasteiger partial charge in [-0.1, -0.05) is 13.3 Å². The van der Waals surface area contributed by atoms with E-state index in [1.54, 1.807) is 12.1 Å². The van der Waals surface area contributed by atoms with Gasteiger partial charge < -0.3 is 10.6 Å². The molecule has 0 aromatic heterocycles. The van der Waals surface area contributed by atoms with Crippen molar-refractivity contribution in [3.8, 4) is 0 Å². The minimum Gasteiger partial charge on any atom is -0.397 e. The third-order valence-corrected chi connectivity index (χ3v) is 4.10. The Kier molecular flexibility index (Phi) is 3.56. The maximum atomic E-state index is 13.5. The molecule has 0 amide bonds. The Morgan fingerprint density at radius 3 is 2.94 bits per heavy atom. The summed E-state index contributed by atoms with van der Waals surface area (Å²) in [5.41, 5.74) is 7.48. The summed E-state index contributed by atoms with van der Waals surface area (Å²) >= 11 is 1.97. The van der Waals surface area contributed by atoms with Gasteiger partial charge in [-0.15, -0.1) is 0 Å². The molecular weight excluding hydrogens is 318 g/mol. The molecule has 16 heavy (non-hydrogen) atoms. The van der Waals surface area contributed by atoms with Crippen molar-refractivity contribution in [2.24, 2.45) is 5.92 Å². The monoisotopic (exact) mass is 334 g/mol. The quantitative estimate of drug-likeness (QED) is 0.665. The van der Waals surface area contributed by atoms with Crippen LogP contribution in [-0.4, -0.2) is 13.1 Å². The Morgan fingerprint density at radius 2 is 2.31 bits per heavy atom. The summed E-state index contributed by atoms with van der Waals surface area (Å²) in [5.74, 6) is 0.548. The summed E-state index contributed by atoms with van der Waals surface area (Å²) in [5, 5.41) is 0. The molecule has 1 saturated heterocycles. The van der Waals surface area contributed by atoms with E-state index in [2.05, 4.69) is 11.8 Å². The average molecular weight is 334 g/mol. The van der Waals surface area contributed by atoms with E-state index in [-0.39, 0.29) is 5.82 Å². The van der Waals surface area contributed by atoms with E-state index in [4.69, 9.17) is 5.73 Å². The molecule has 1 aliphatic heterocycles. The first-order valence-electron chi connectivity index (χ1n) is 5.61. The summed E-state index contributed by atoms with van der Waals surface area (Å²) in [4.78, 5) is 2.20. The van der Waals surface area contributed by atoms with Crippen molar-refractivity contribution in [1.82, 2.24) is 0 Å². The Bertz CT molecular complexity index is 395. The zero-order valence-electron chi connectivity index (χ0n) is 9.34. The van der Waals surface area contributed by atoms with Crippen LogP contribution in [-0.2, 0) is 0 Å². The Morgan fingerprint density at radius 1 is 1.56 bits per heavy atom. The standard InChI is InChI=1S/C12H16FIN2/c1-2-8-3-4-16(7-8)12-5-9(13)10(14)6-11(12)15/h5-6,8H,2-4,7,15H2,1H3. The van der Waals surface area contributed by atoms with Crippen LogP contribution in [0.25, 0.3) is 0 Å². The van der Waals surface area contributed by atoms with Crippen molar-refractivity contribution in [2.75, 3.05) is 23.7 Å². The first-order valence-corrected chi connectivity index (χ1v) is 6.69. The van der Waals surface area contributed by atoms with Crippen molar-refractivity contribution in [1.29, 1.82) is 0 Å². The zero-order chi connectivity index (χ0) is 11.7. The highest BCUT2D eigenvalue weighted by Gasteiger charge is 2.23. The zero-order valence-corrected chi connectivity index (χ0v) is 11.5.